The van der Waals surface area contributed by atoms with Crippen molar-refractivity contribution in [3.05, 3.63) is 65.7 Å². The summed E-state index contributed by atoms with van der Waals surface area (Å²) in [5, 5.41) is 0. The molecule has 0 aromatic heterocycles. The molecule has 0 bridgehead atoms. The molecule has 0 aliphatic carbocycles. The van der Waals surface area contributed by atoms with Crippen LogP contribution in [-0.2, 0) is 6.42 Å². The summed E-state index contributed by atoms with van der Waals surface area (Å²) in [5.41, 5.74) is 1.83. The van der Waals surface area contributed by atoms with Gasteiger partial charge in [-0.3, -0.25) is 0 Å². The molecule has 2 aromatic rings. The second kappa shape index (κ2) is 6.01. The highest BCUT2D eigenvalue weighted by molar-refractivity contribution is 5.91. The second-order valence-electron chi connectivity index (χ2n) is 4.15. The van der Waals surface area contributed by atoms with Gasteiger partial charge in [-0.1, -0.05) is 43.7 Å². The highest BCUT2D eigenvalue weighted by atomic mass is 16.5. The largest absolute Gasteiger partial charge is 0.423 e. The predicted molar refractivity (Wildman–Crippen MR) is 71.8 cm³/mol. The van der Waals surface area contributed by atoms with Gasteiger partial charge in [-0.2, -0.15) is 0 Å². The van der Waals surface area contributed by atoms with Crippen LogP contribution in [0.15, 0.2) is 54.6 Å². The number of hydrogen-bond acceptors (Lipinski definition) is 2. The maximum absolute atomic E-state index is 11.9. The Morgan fingerprint density at radius 3 is 2.28 bits per heavy atom. The standard InChI is InChI=1S/C16H16O2/c1-2-6-13-9-11-14(12-10-13)16(17)18-15-7-4-3-5-8-15/h3-5,7-12H,2,6H2,1H3. The van der Waals surface area contributed by atoms with E-state index in [4.69, 9.17) is 4.74 Å². The molecular weight excluding hydrogens is 224 g/mol. The molecule has 2 heteroatoms. The van der Waals surface area contributed by atoms with Gasteiger partial charge in [-0.05, 0) is 36.2 Å². The van der Waals surface area contributed by atoms with E-state index in [-0.39, 0.29) is 5.97 Å². The molecule has 0 amide bonds. The van der Waals surface area contributed by atoms with Crippen LogP contribution in [0, 0.1) is 0 Å². The van der Waals surface area contributed by atoms with Gasteiger partial charge in [-0.15, -0.1) is 0 Å². The van der Waals surface area contributed by atoms with Crippen LogP contribution in [0.2, 0.25) is 0 Å². The molecule has 2 nitrogen and oxygen atoms in total. The Morgan fingerprint density at radius 1 is 1.00 bits per heavy atom. The van der Waals surface area contributed by atoms with Crippen LogP contribution in [0.4, 0.5) is 0 Å². The number of carbonyl (C=O) groups excluding carboxylic acids is 1. The van der Waals surface area contributed by atoms with E-state index in [9.17, 15) is 4.79 Å². The zero-order valence-corrected chi connectivity index (χ0v) is 10.4. The van der Waals surface area contributed by atoms with Crippen LogP contribution >= 0.6 is 0 Å². The first kappa shape index (κ1) is 12.4. The van der Waals surface area contributed by atoms with Crippen LogP contribution < -0.4 is 4.74 Å². The Balaban J connectivity index is 2.05. The Bertz CT molecular complexity index is 500. The SMILES string of the molecule is CCCc1ccc(C(=O)Oc2ccccc2)cc1. The summed E-state index contributed by atoms with van der Waals surface area (Å²) >= 11 is 0. The third-order valence-corrected chi connectivity index (χ3v) is 2.68. The summed E-state index contributed by atoms with van der Waals surface area (Å²) in [6.45, 7) is 2.14. The molecule has 2 rings (SSSR count). The van der Waals surface area contributed by atoms with Crippen molar-refractivity contribution in [2.24, 2.45) is 0 Å². The normalized spacial score (nSPS) is 10.1. The van der Waals surface area contributed by atoms with E-state index in [0.29, 0.717) is 11.3 Å². The number of ether oxygens (including phenoxy) is 1. The van der Waals surface area contributed by atoms with Gasteiger partial charge in [0.1, 0.15) is 5.75 Å². The van der Waals surface area contributed by atoms with Crippen LogP contribution in [0.25, 0.3) is 0 Å². The topological polar surface area (TPSA) is 26.3 Å². The van der Waals surface area contributed by atoms with Gasteiger partial charge in [0.05, 0.1) is 5.56 Å². The first-order valence-electron chi connectivity index (χ1n) is 6.16. The number of aryl methyl sites for hydroxylation is 1. The van der Waals surface area contributed by atoms with E-state index in [1.807, 2.05) is 42.5 Å². The molecule has 0 unspecified atom stereocenters. The van der Waals surface area contributed by atoms with Gasteiger partial charge in [0.15, 0.2) is 0 Å². The van der Waals surface area contributed by atoms with Crippen molar-refractivity contribution in [2.45, 2.75) is 19.8 Å². The molecule has 0 aliphatic rings. The summed E-state index contributed by atoms with van der Waals surface area (Å²) in [7, 11) is 0. The van der Waals surface area contributed by atoms with Gasteiger partial charge in [0.2, 0.25) is 0 Å². The van der Waals surface area contributed by atoms with Crippen molar-refractivity contribution < 1.29 is 9.53 Å². The lowest BCUT2D eigenvalue weighted by Gasteiger charge is -2.04. The summed E-state index contributed by atoms with van der Waals surface area (Å²) in [6.07, 6.45) is 2.14. The number of para-hydroxylation sites is 1. The van der Waals surface area contributed by atoms with Crippen molar-refractivity contribution in [3.8, 4) is 5.75 Å². The van der Waals surface area contributed by atoms with Crippen molar-refractivity contribution in [1.29, 1.82) is 0 Å². The van der Waals surface area contributed by atoms with E-state index in [0.717, 1.165) is 12.8 Å². The van der Waals surface area contributed by atoms with Gasteiger partial charge >= 0.3 is 5.97 Å². The zero-order chi connectivity index (χ0) is 12.8. The lowest BCUT2D eigenvalue weighted by molar-refractivity contribution is 0.0735. The minimum Gasteiger partial charge on any atom is -0.423 e. The fourth-order valence-corrected chi connectivity index (χ4v) is 1.75. The zero-order valence-electron chi connectivity index (χ0n) is 10.4. The van der Waals surface area contributed by atoms with E-state index in [1.54, 1.807) is 12.1 Å². The lowest BCUT2D eigenvalue weighted by Crippen LogP contribution is -2.08. The van der Waals surface area contributed by atoms with Gasteiger partial charge in [0.25, 0.3) is 0 Å². The Hall–Kier alpha value is -2.09. The number of hydrogen-bond donors (Lipinski definition) is 0. The summed E-state index contributed by atoms with van der Waals surface area (Å²) in [5.74, 6) is 0.254. The molecule has 2 aromatic carbocycles. The first-order chi connectivity index (χ1) is 8.79. The highest BCUT2D eigenvalue weighted by Gasteiger charge is 2.07. The first-order valence-corrected chi connectivity index (χ1v) is 6.16. The number of rotatable bonds is 4. The van der Waals surface area contributed by atoms with Crippen molar-refractivity contribution in [3.63, 3.8) is 0 Å². The molecule has 0 spiro atoms. The minimum atomic E-state index is -0.316. The molecule has 0 saturated carbocycles. The maximum atomic E-state index is 11.9. The van der Waals surface area contributed by atoms with Crippen LogP contribution in [0.3, 0.4) is 0 Å². The number of esters is 1. The van der Waals surface area contributed by atoms with Crippen LogP contribution in [-0.4, -0.2) is 5.97 Å². The second-order valence-corrected chi connectivity index (χ2v) is 4.15. The van der Waals surface area contributed by atoms with Crippen LogP contribution in [0.5, 0.6) is 5.75 Å². The lowest BCUT2D eigenvalue weighted by atomic mass is 10.1. The van der Waals surface area contributed by atoms with Crippen molar-refractivity contribution >= 4 is 5.97 Å². The fraction of sp³-hybridized carbons (Fsp3) is 0.188. The molecule has 0 radical (unpaired) electrons. The number of carbonyl (C=O) groups is 1. The average molecular weight is 240 g/mol. The molecule has 0 fully saturated rings. The highest BCUT2D eigenvalue weighted by Crippen LogP contribution is 2.13. The van der Waals surface area contributed by atoms with Gasteiger partial charge in [-0.25, -0.2) is 4.79 Å². The van der Waals surface area contributed by atoms with E-state index in [2.05, 4.69) is 6.92 Å². The van der Waals surface area contributed by atoms with E-state index in [1.165, 1.54) is 5.56 Å². The summed E-state index contributed by atoms with van der Waals surface area (Å²) in [4.78, 5) is 11.9. The molecule has 0 saturated heterocycles. The van der Waals surface area contributed by atoms with Crippen molar-refractivity contribution in [2.75, 3.05) is 0 Å². The number of benzene rings is 2. The predicted octanol–water partition coefficient (Wildman–Crippen LogP) is 3.86. The molecule has 0 aliphatic heterocycles. The van der Waals surface area contributed by atoms with Gasteiger partial charge < -0.3 is 4.74 Å². The quantitative estimate of drug-likeness (QED) is 0.599. The van der Waals surface area contributed by atoms with E-state index < -0.39 is 0 Å². The smallest absolute Gasteiger partial charge is 0.343 e. The van der Waals surface area contributed by atoms with Crippen LogP contribution in [0.1, 0.15) is 29.3 Å². The summed E-state index contributed by atoms with van der Waals surface area (Å²) < 4.78 is 5.26. The minimum absolute atomic E-state index is 0.316. The molecule has 0 atom stereocenters. The molecule has 0 N–H and O–H groups in total. The van der Waals surface area contributed by atoms with E-state index >= 15 is 0 Å². The average Bonchev–Trinajstić information content (AvgIpc) is 2.41. The Kier molecular flexibility index (Phi) is 4.13. The van der Waals surface area contributed by atoms with Gasteiger partial charge in [0, 0.05) is 0 Å². The monoisotopic (exact) mass is 240 g/mol. The Morgan fingerprint density at radius 2 is 1.67 bits per heavy atom. The third-order valence-electron chi connectivity index (χ3n) is 2.68. The van der Waals surface area contributed by atoms with Crippen molar-refractivity contribution in [1.82, 2.24) is 0 Å². The third kappa shape index (κ3) is 3.20. The molecule has 92 valence electrons. The Labute approximate surface area is 107 Å². The molecule has 18 heavy (non-hydrogen) atoms. The summed E-state index contributed by atoms with van der Waals surface area (Å²) in [6, 6.07) is 16.7. The molecule has 0 heterocycles. The molecular formula is C16H16O2. The maximum Gasteiger partial charge on any atom is 0.343 e. The fourth-order valence-electron chi connectivity index (χ4n) is 1.75.